The maximum Gasteiger partial charge on any atom is 0.317 e. The maximum absolute atomic E-state index is 12.2. The molecule has 2 bridgehead atoms. The summed E-state index contributed by atoms with van der Waals surface area (Å²) in [5.41, 5.74) is 0. The molecule has 0 aliphatic heterocycles. The van der Waals surface area contributed by atoms with Gasteiger partial charge in [-0.25, -0.2) is 4.79 Å². The van der Waals surface area contributed by atoms with E-state index in [0.717, 1.165) is 45.1 Å². The minimum Gasteiger partial charge on any atom is -0.481 e. The summed E-state index contributed by atoms with van der Waals surface area (Å²) in [5, 5.41) is 12.3. The molecule has 114 valence electrons. The van der Waals surface area contributed by atoms with Gasteiger partial charge < -0.3 is 15.3 Å². The minimum absolute atomic E-state index is 0.120. The number of urea groups is 1. The van der Waals surface area contributed by atoms with Gasteiger partial charge in [-0.2, -0.15) is 0 Å². The third-order valence-electron chi connectivity index (χ3n) is 4.94. The third-order valence-corrected chi connectivity index (χ3v) is 4.94. The first kappa shape index (κ1) is 15.1. The average molecular weight is 282 g/mol. The smallest absolute Gasteiger partial charge is 0.317 e. The molecule has 2 rings (SSSR count). The second kappa shape index (κ2) is 6.46. The highest BCUT2D eigenvalue weighted by atomic mass is 16.4. The molecule has 0 aromatic rings. The van der Waals surface area contributed by atoms with Crippen LogP contribution in [-0.4, -0.2) is 41.6 Å². The summed E-state index contributed by atoms with van der Waals surface area (Å²) in [6, 6.07) is -0.294. The zero-order valence-corrected chi connectivity index (χ0v) is 12.5. The summed E-state index contributed by atoms with van der Waals surface area (Å²) in [6.45, 7) is 2.87. The Morgan fingerprint density at radius 1 is 1.25 bits per heavy atom. The first-order valence-corrected chi connectivity index (χ1v) is 7.79. The molecule has 5 nitrogen and oxygen atoms in total. The number of hydrogen-bond donors (Lipinski definition) is 2. The van der Waals surface area contributed by atoms with E-state index in [1.807, 2.05) is 0 Å². The number of carbonyl (C=O) groups is 2. The van der Waals surface area contributed by atoms with Crippen LogP contribution in [0.2, 0.25) is 0 Å². The van der Waals surface area contributed by atoms with Crippen molar-refractivity contribution in [3.8, 4) is 0 Å². The molecular weight excluding hydrogens is 256 g/mol. The molecule has 2 saturated carbocycles. The molecule has 0 heterocycles. The Balaban J connectivity index is 1.88. The Kier molecular flexibility index (Phi) is 4.89. The predicted molar refractivity (Wildman–Crippen MR) is 76.4 cm³/mol. The van der Waals surface area contributed by atoms with E-state index in [1.54, 1.807) is 11.9 Å². The lowest BCUT2D eigenvalue weighted by atomic mass is 9.84. The quantitative estimate of drug-likeness (QED) is 0.735. The van der Waals surface area contributed by atoms with Crippen molar-refractivity contribution in [3.63, 3.8) is 0 Å². The van der Waals surface area contributed by atoms with E-state index in [2.05, 4.69) is 12.2 Å². The van der Waals surface area contributed by atoms with Crippen LogP contribution in [0.1, 0.15) is 45.4 Å². The number of rotatable bonds is 6. The summed E-state index contributed by atoms with van der Waals surface area (Å²) in [5.74, 6) is -0.528. The molecule has 2 aliphatic carbocycles. The summed E-state index contributed by atoms with van der Waals surface area (Å²) < 4.78 is 0. The highest BCUT2D eigenvalue weighted by molar-refractivity contribution is 5.77. The van der Waals surface area contributed by atoms with Crippen LogP contribution in [0.25, 0.3) is 0 Å². The number of carbonyl (C=O) groups excluding carboxylic acids is 1. The van der Waals surface area contributed by atoms with Gasteiger partial charge in [0.2, 0.25) is 0 Å². The van der Waals surface area contributed by atoms with Crippen molar-refractivity contribution in [2.75, 3.05) is 13.6 Å². The molecule has 20 heavy (non-hydrogen) atoms. The summed E-state index contributed by atoms with van der Waals surface area (Å²) >= 11 is 0. The van der Waals surface area contributed by atoms with Crippen molar-refractivity contribution in [1.29, 1.82) is 0 Å². The number of nitrogens with zero attached hydrogens (tertiary/aromatic N) is 1. The van der Waals surface area contributed by atoms with Crippen molar-refractivity contribution >= 4 is 12.0 Å². The fourth-order valence-corrected chi connectivity index (χ4v) is 3.81. The fourth-order valence-electron chi connectivity index (χ4n) is 3.81. The Morgan fingerprint density at radius 3 is 2.60 bits per heavy atom. The van der Waals surface area contributed by atoms with Gasteiger partial charge in [-0.3, -0.25) is 4.79 Å². The van der Waals surface area contributed by atoms with Crippen molar-refractivity contribution in [1.82, 2.24) is 10.2 Å². The fraction of sp³-hybridized carbons (Fsp3) is 0.867. The van der Waals surface area contributed by atoms with E-state index in [0.29, 0.717) is 5.92 Å². The minimum atomic E-state index is -0.754. The van der Waals surface area contributed by atoms with Gasteiger partial charge in [0.05, 0.1) is 5.92 Å². The third kappa shape index (κ3) is 3.07. The zero-order chi connectivity index (χ0) is 14.7. The summed E-state index contributed by atoms with van der Waals surface area (Å²) in [7, 11) is 1.79. The Morgan fingerprint density at radius 2 is 1.95 bits per heavy atom. The number of aliphatic carboxylic acids is 1. The molecule has 0 aromatic heterocycles. The van der Waals surface area contributed by atoms with E-state index >= 15 is 0 Å². The van der Waals surface area contributed by atoms with Crippen molar-refractivity contribution in [2.45, 2.75) is 51.5 Å². The van der Waals surface area contributed by atoms with Gasteiger partial charge in [0.15, 0.2) is 0 Å². The second-order valence-corrected chi connectivity index (χ2v) is 6.30. The van der Waals surface area contributed by atoms with E-state index in [4.69, 9.17) is 0 Å². The van der Waals surface area contributed by atoms with Crippen molar-refractivity contribution in [2.24, 2.45) is 17.8 Å². The normalized spacial score (nSPS) is 31.3. The van der Waals surface area contributed by atoms with Crippen molar-refractivity contribution in [3.05, 3.63) is 0 Å². The van der Waals surface area contributed by atoms with Gasteiger partial charge in [0.1, 0.15) is 0 Å². The molecule has 0 saturated heterocycles. The first-order chi connectivity index (χ1) is 9.54. The molecule has 2 fully saturated rings. The van der Waals surface area contributed by atoms with Crippen LogP contribution < -0.4 is 5.32 Å². The first-order valence-electron chi connectivity index (χ1n) is 7.79. The van der Waals surface area contributed by atoms with Gasteiger partial charge >= 0.3 is 12.0 Å². The van der Waals surface area contributed by atoms with E-state index < -0.39 is 5.97 Å². The lowest BCUT2D eigenvalue weighted by Crippen LogP contribution is -2.50. The van der Waals surface area contributed by atoms with Gasteiger partial charge in [0, 0.05) is 19.6 Å². The molecule has 0 radical (unpaired) electrons. The van der Waals surface area contributed by atoms with Crippen LogP contribution in [0.5, 0.6) is 0 Å². The molecular formula is C15H26N2O3. The highest BCUT2D eigenvalue weighted by Crippen LogP contribution is 2.48. The molecule has 2 aliphatic rings. The van der Waals surface area contributed by atoms with E-state index in [-0.39, 0.29) is 23.9 Å². The molecule has 2 N–H and O–H groups in total. The van der Waals surface area contributed by atoms with E-state index in [1.165, 1.54) is 0 Å². The predicted octanol–water partition coefficient (Wildman–Crippen LogP) is 2.32. The Labute approximate surface area is 120 Å². The van der Waals surface area contributed by atoms with Gasteiger partial charge in [-0.05, 0) is 37.5 Å². The van der Waals surface area contributed by atoms with Gasteiger partial charge in [-0.1, -0.05) is 19.8 Å². The molecule has 4 unspecified atom stereocenters. The number of hydrogen-bond acceptors (Lipinski definition) is 2. The molecule has 5 heteroatoms. The van der Waals surface area contributed by atoms with Crippen LogP contribution in [0.4, 0.5) is 4.79 Å². The molecule has 0 aromatic carbocycles. The number of carboxylic acids is 1. The molecule has 0 spiro atoms. The number of amides is 2. The molecule has 2 amide bonds. The van der Waals surface area contributed by atoms with Gasteiger partial charge in [-0.15, -0.1) is 0 Å². The van der Waals surface area contributed by atoms with Crippen LogP contribution in [0.15, 0.2) is 0 Å². The van der Waals surface area contributed by atoms with Crippen molar-refractivity contribution < 1.29 is 14.7 Å². The summed E-state index contributed by atoms with van der Waals surface area (Å²) in [4.78, 5) is 25.2. The topological polar surface area (TPSA) is 69.6 Å². The standard InChI is InChI=1S/C15H26N2O3/c1-3-4-5-8-17(2)15(20)16-13-11-7-6-10(9-11)12(13)14(18)19/h10-13H,3-9H2,1-2H3,(H,16,20)(H,18,19). The zero-order valence-electron chi connectivity index (χ0n) is 12.5. The number of carboxylic acid groups (broad SMARTS) is 1. The number of nitrogens with one attached hydrogen (secondary N) is 1. The van der Waals surface area contributed by atoms with Crippen LogP contribution in [-0.2, 0) is 4.79 Å². The monoisotopic (exact) mass is 282 g/mol. The Bertz CT molecular complexity index is 372. The van der Waals surface area contributed by atoms with E-state index in [9.17, 15) is 14.7 Å². The van der Waals surface area contributed by atoms with Crippen LogP contribution >= 0.6 is 0 Å². The highest BCUT2D eigenvalue weighted by Gasteiger charge is 2.51. The summed E-state index contributed by atoms with van der Waals surface area (Å²) in [6.07, 6.45) is 6.26. The SMILES string of the molecule is CCCCCN(C)C(=O)NC1C2CCC(C2)C1C(=O)O. The average Bonchev–Trinajstić information content (AvgIpc) is 2.99. The maximum atomic E-state index is 12.2. The number of unbranched alkanes of at least 4 members (excludes halogenated alkanes) is 2. The Hall–Kier alpha value is -1.26. The number of fused-ring (bicyclic) bond motifs is 2. The second-order valence-electron chi connectivity index (χ2n) is 6.30. The van der Waals surface area contributed by atoms with Gasteiger partial charge in [0.25, 0.3) is 0 Å². The largest absolute Gasteiger partial charge is 0.481 e. The lowest BCUT2D eigenvalue weighted by Gasteiger charge is -2.30. The lowest BCUT2D eigenvalue weighted by molar-refractivity contribution is -0.144. The molecule has 4 atom stereocenters. The van der Waals surface area contributed by atoms with Crippen LogP contribution in [0.3, 0.4) is 0 Å². The van der Waals surface area contributed by atoms with Crippen LogP contribution in [0, 0.1) is 17.8 Å².